The van der Waals surface area contributed by atoms with Crippen LogP contribution in [0.15, 0.2) is 36.4 Å². The van der Waals surface area contributed by atoms with E-state index in [-0.39, 0.29) is 76.2 Å². The number of thiophene rings is 1. The van der Waals surface area contributed by atoms with Crippen molar-refractivity contribution in [2.75, 3.05) is 18.8 Å². The molecular weight excluding hydrogens is 408 g/mol. The summed E-state index contributed by atoms with van der Waals surface area (Å²) < 4.78 is 0. The Morgan fingerprint density at radius 2 is 1.75 bits per heavy atom. The van der Waals surface area contributed by atoms with Crippen molar-refractivity contribution in [1.82, 2.24) is 4.90 Å². The van der Waals surface area contributed by atoms with Gasteiger partial charge in [-0.2, -0.15) is 0 Å². The van der Waals surface area contributed by atoms with Gasteiger partial charge in [0.1, 0.15) is 0 Å². The summed E-state index contributed by atoms with van der Waals surface area (Å²) in [4.78, 5) is 4.03. The number of nitriles is 1. The predicted molar refractivity (Wildman–Crippen MR) is 105 cm³/mol. The molecule has 0 saturated heterocycles. The van der Waals surface area contributed by atoms with Crippen molar-refractivity contribution in [2.45, 2.75) is 19.4 Å². The van der Waals surface area contributed by atoms with E-state index in [0.29, 0.717) is 0 Å². The van der Waals surface area contributed by atoms with Gasteiger partial charge in [0.2, 0.25) is 0 Å². The molecule has 1 aliphatic heterocycles. The summed E-state index contributed by atoms with van der Waals surface area (Å²) in [5, 5.41) is 9.44. The molecule has 24 heavy (non-hydrogen) atoms. The first-order chi connectivity index (χ1) is 10.2. The Labute approximate surface area is 208 Å². The topological polar surface area (TPSA) is 53.1 Å². The van der Waals surface area contributed by atoms with Gasteiger partial charge >= 0.3 is 51.4 Å². The molecule has 3 rings (SSSR count). The molecule has 0 fully saturated rings. The fraction of sp³-hybridized carbons (Fsp3) is 0.312. The molecule has 3 nitrogen and oxygen atoms in total. The number of nitrogens with zero attached hydrogens (tertiary/aromatic N) is 2. The molecule has 1 aliphatic rings. The molecule has 0 bridgehead atoms. The minimum Gasteiger partial charge on any atom is -0.696 e. The maximum Gasteiger partial charge on any atom is 1.00 e. The third-order valence-corrected chi connectivity index (χ3v) is 4.58. The predicted octanol–water partition coefficient (Wildman–Crippen LogP) is 0.793. The Hall–Kier alpha value is 0.606. The smallest absolute Gasteiger partial charge is 0.696 e. The number of thiocyanates is 1. The van der Waals surface area contributed by atoms with Crippen molar-refractivity contribution in [3.05, 3.63) is 52.4 Å². The number of hydrogen-bond donors (Lipinski definition) is 1. The molecule has 2 heterocycles. The summed E-state index contributed by atoms with van der Waals surface area (Å²) in [7, 11) is 0. The number of halogens is 2. The molecule has 2 N–H and O–H groups in total. The Morgan fingerprint density at radius 1 is 1.17 bits per heavy atom. The van der Waals surface area contributed by atoms with Gasteiger partial charge in [-0.1, -0.05) is 35.7 Å². The summed E-state index contributed by atoms with van der Waals surface area (Å²) in [6.07, 6.45) is 2.28. The van der Waals surface area contributed by atoms with Crippen molar-refractivity contribution in [2.24, 2.45) is 0 Å². The third kappa shape index (κ3) is 8.81. The quantitative estimate of drug-likeness (QED) is 0.437. The summed E-state index contributed by atoms with van der Waals surface area (Å²) in [6.45, 7) is 3.34. The zero-order chi connectivity index (χ0) is 15.1. The SMILES string of the molecule is Cl.Cl.N#C[S-].Nc1cc2c(s1)CCN(Cc1ccccc1)CC2.[K+]. The Bertz CT molecular complexity index is 592. The van der Waals surface area contributed by atoms with Gasteiger partial charge in [0.15, 0.2) is 0 Å². The van der Waals surface area contributed by atoms with Crippen LogP contribution in [-0.4, -0.2) is 18.0 Å². The van der Waals surface area contributed by atoms with Gasteiger partial charge in [-0.3, -0.25) is 4.90 Å². The molecule has 0 unspecified atom stereocenters. The minimum atomic E-state index is 0. The number of anilines is 1. The van der Waals surface area contributed by atoms with E-state index in [1.54, 1.807) is 11.3 Å². The summed E-state index contributed by atoms with van der Waals surface area (Å²) in [5.41, 5.74) is 8.74. The van der Waals surface area contributed by atoms with Crippen LogP contribution >= 0.6 is 36.2 Å². The fourth-order valence-electron chi connectivity index (χ4n) is 2.56. The zero-order valence-corrected chi connectivity index (χ0v) is 20.0. The molecule has 0 aliphatic carbocycles. The molecule has 2 aromatic rings. The Morgan fingerprint density at radius 3 is 2.38 bits per heavy atom. The van der Waals surface area contributed by atoms with Crippen molar-refractivity contribution in [3.8, 4) is 5.40 Å². The molecule has 0 saturated carbocycles. The maximum absolute atomic E-state index is 7.13. The van der Waals surface area contributed by atoms with E-state index >= 15 is 0 Å². The number of benzene rings is 1. The molecule has 0 atom stereocenters. The Balaban J connectivity index is 0. The number of hydrogen-bond acceptors (Lipinski definition) is 5. The minimum absolute atomic E-state index is 0. The second kappa shape index (κ2) is 14.7. The zero-order valence-electron chi connectivity index (χ0n) is 13.6. The summed E-state index contributed by atoms with van der Waals surface area (Å²) in [5.74, 6) is 0. The number of nitrogens with two attached hydrogens (primary N) is 1. The van der Waals surface area contributed by atoms with Gasteiger partial charge in [0, 0.05) is 24.5 Å². The standard InChI is InChI=1S/C15H18N2S.CHNS.2ClH.K/c16-15-10-13-6-8-17(9-7-14(13)18-15)11-12-4-2-1-3-5-12;2-1-3;;;/h1-5,10H,6-9,11,16H2;3H;2*1H;/q;;;;+1/p-1. The van der Waals surface area contributed by atoms with E-state index in [4.69, 9.17) is 11.0 Å². The van der Waals surface area contributed by atoms with E-state index in [9.17, 15) is 0 Å². The van der Waals surface area contributed by atoms with Gasteiger partial charge in [-0.05, 0) is 30.0 Å². The van der Waals surface area contributed by atoms with Gasteiger partial charge in [-0.25, -0.2) is 5.26 Å². The van der Waals surface area contributed by atoms with Crippen LogP contribution in [0, 0.1) is 10.7 Å². The molecule has 0 spiro atoms. The monoisotopic (exact) mass is 427 g/mol. The molecule has 1 aromatic carbocycles. The van der Waals surface area contributed by atoms with Crippen LogP contribution in [-0.2, 0) is 32.0 Å². The summed E-state index contributed by atoms with van der Waals surface area (Å²) >= 11 is 5.46. The first kappa shape index (κ1) is 26.8. The van der Waals surface area contributed by atoms with Crippen molar-refractivity contribution >= 4 is 53.8 Å². The molecule has 126 valence electrons. The van der Waals surface area contributed by atoms with E-state index in [1.165, 1.54) is 21.4 Å². The second-order valence-corrected chi connectivity index (χ2v) is 6.30. The molecular formula is C16H20Cl2KN3S2. The largest absolute Gasteiger partial charge is 1.00 e. The van der Waals surface area contributed by atoms with Crippen LogP contribution in [0.1, 0.15) is 16.0 Å². The van der Waals surface area contributed by atoms with Crippen molar-refractivity contribution in [3.63, 3.8) is 0 Å². The van der Waals surface area contributed by atoms with E-state index in [0.717, 1.165) is 37.5 Å². The van der Waals surface area contributed by atoms with Gasteiger partial charge in [-0.15, -0.1) is 36.2 Å². The third-order valence-electron chi connectivity index (χ3n) is 3.52. The first-order valence-corrected chi connectivity index (χ1v) is 8.10. The van der Waals surface area contributed by atoms with E-state index in [2.05, 4.69) is 53.9 Å². The van der Waals surface area contributed by atoms with Crippen LogP contribution in [0.25, 0.3) is 0 Å². The van der Waals surface area contributed by atoms with Crippen LogP contribution in [0.3, 0.4) is 0 Å². The number of nitrogen functional groups attached to an aromatic ring is 1. The van der Waals surface area contributed by atoms with Gasteiger partial charge < -0.3 is 18.4 Å². The molecule has 0 radical (unpaired) electrons. The van der Waals surface area contributed by atoms with Crippen LogP contribution in [0.2, 0.25) is 0 Å². The normalized spacial score (nSPS) is 12.5. The van der Waals surface area contributed by atoms with Crippen LogP contribution in [0.5, 0.6) is 0 Å². The second-order valence-electron chi connectivity index (χ2n) is 4.95. The van der Waals surface area contributed by atoms with Crippen molar-refractivity contribution in [1.29, 1.82) is 5.26 Å². The first-order valence-electron chi connectivity index (χ1n) is 6.87. The van der Waals surface area contributed by atoms with Crippen molar-refractivity contribution < 1.29 is 51.4 Å². The van der Waals surface area contributed by atoms with Crippen LogP contribution < -0.4 is 57.1 Å². The number of rotatable bonds is 2. The molecule has 8 heteroatoms. The van der Waals surface area contributed by atoms with Gasteiger partial charge in [0.05, 0.1) is 5.00 Å². The van der Waals surface area contributed by atoms with E-state index in [1.807, 2.05) is 0 Å². The average Bonchev–Trinajstić information content (AvgIpc) is 2.74. The number of fused-ring (bicyclic) bond motifs is 1. The average molecular weight is 428 g/mol. The fourth-order valence-corrected chi connectivity index (χ4v) is 3.53. The Kier molecular flexibility index (Phi) is 16.5. The van der Waals surface area contributed by atoms with Crippen LogP contribution in [0.4, 0.5) is 5.00 Å². The molecule has 0 amide bonds. The summed E-state index contributed by atoms with van der Waals surface area (Å²) in [6, 6.07) is 12.9. The van der Waals surface area contributed by atoms with E-state index < -0.39 is 0 Å². The van der Waals surface area contributed by atoms with Gasteiger partial charge in [0.25, 0.3) is 0 Å². The molecule has 1 aromatic heterocycles. The maximum atomic E-state index is 7.13.